The van der Waals surface area contributed by atoms with Crippen molar-refractivity contribution in [3.63, 3.8) is 0 Å². The molecule has 3 heterocycles. The number of nitrogens with one attached hydrogen (secondary N) is 1. The molecule has 0 amide bonds. The fraction of sp³-hybridized carbons (Fsp3) is 0.0526. The van der Waals surface area contributed by atoms with Gasteiger partial charge in [-0.1, -0.05) is 41.4 Å². The van der Waals surface area contributed by atoms with Crippen LogP contribution in [0.1, 0.15) is 0 Å². The molecule has 27 heavy (non-hydrogen) atoms. The summed E-state index contributed by atoms with van der Waals surface area (Å²) in [4.78, 5) is 9.60. The number of hydrogen-bond acceptors (Lipinski definition) is 4. The van der Waals surface area contributed by atoms with Crippen LogP contribution in [0.15, 0.2) is 48.8 Å². The summed E-state index contributed by atoms with van der Waals surface area (Å²) in [5, 5.41) is 14.2. The molecule has 0 radical (unpaired) electrons. The van der Waals surface area contributed by atoms with Crippen LogP contribution in [-0.2, 0) is 7.05 Å². The highest BCUT2D eigenvalue weighted by Gasteiger charge is 2.17. The molecular formula is C19H12Cl2N6. The third kappa shape index (κ3) is 2.57. The third-order valence-electron chi connectivity index (χ3n) is 4.51. The topological polar surface area (TPSA) is 72.3 Å². The van der Waals surface area contributed by atoms with Crippen molar-refractivity contribution < 1.29 is 0 Å². The molecule has 8 heteroatoms. The van der Waals surface area contributed by atoms with E-state index in [4.69, 9.17) is 33.2 Å². The van der Waals surface area contributed by atoms with Crippen LogP contribution in [0.5, 0.6) is 0 Å². The van der Waals surface area contributed by atoms with Crippen LogP contribution in [-0.4, -0.2) is 29.9 Å². The minimum Gasteiger partial charge on any atom is -0.278 e. The number of hydrogen-bond donors (Lipinski definition) is 1. The van der Waals surface area contributed by atoms with Crippen LogP contribution in [0.25, 0.3) is 44.6 Å². The van der Waals surface area contributed by atoms with Crippen molar-refractivity contribution in [3.8, 4) is 22.6 Å². The van der Waals surface area contributed by atoms with Crippen molar-refractivity contribution in [3.05, 3.63) is 58.8 Å². The number of halogens is 2. The molecule has 0 unspecified atom stereocenters. The smallest absolute Gasteiger partial charge is 0.163 e. The minimum atomic E-state index is 0.475. The fourth-order valence-corrected chi connectivity index (χ4v) is 3.47. The van der Waals surface area contributed by atoms with Crippen molar-refractivity contribution in [2.45, 2.75) is 0 Å². The second kappa shape index (κ2) is 6.04. The average molecular weight is 395 g/mol. The summed E-state index contributed by atoms with van der Waals surface area (Å²) in [7, 11) is 1.86. The van der Waals surface area contributed by atoms with E-state index in [-0.39, 0.29) is 0 Å². The van der Waals surface area contributed by atoms with Crippen molar-refractivity contribution in [2.24, 2.45) is 7.05 Å². The maximum atomic E-state index is 6.23. The maximum Gasteiger partial charge on any atom is 0.163 e. The molecule has 0 fully saturated rings. The highest BCUT2D eigenvalue weighted by molar-refractivity contribution is 6.42. The molecule has 0 saturated carbocycles. The monoisotopic (exact) mass is 394 g/mol. The molecule has 6 nitrogen and oxygen atoms in total. The Bertz CT molecular complexity index is 1320. The Morgan fingerprint density at radius 2 is 1.85 bits per heavy atom. The highest BCUT2D eigenvalue weighted by Crippen LogP contribution is 2.34. The van der Waals surface area contributed by atoms with Gasteiger partial charge in [0, 0.05) is 23.6 Å². The summed E-state index contributed by atoms with van der Waals surface area (Å²) in [6.07, 6.45) is 3.54. The lowest BCUT2D eigenvalue weighted by atomic mass is 10.1. The summed E-state index contributed by atoms with van der Waals surface area (Å²) in [6.45, 7) is 0. The van der Waals surface area contributed by atoms with E-state index in [1.165, 1.54) is 0 Å². The lowest BCUT2D eigenvalue weighted by Crippen LogP contribution is -1.98. The first-order chi connectivity index (χ1) is 13.1. The van der Waals surface area contributed by atoms with Gasteiger partial charge in [0.25, 0.3) is 0 Å². The molecule has 0 spiro atoms. The SMILES string of the molecule is Cn1ncc2c(-c3ccc(Cl)c(Cl)c3)nc(-c3cccc4[nH]ncc34)nc21. The highest BCUT2D eigenvalue weighted by atomic mass is 35.5. The van der Waals surface area contributed by atoms with Gasteiger partial charge in [0.1, 0.15) is 0 Å². The molecule has 0 saturated heterocycles. The van der Waals surface area contributed by atoms with Gasteiger partial charge in [-0.15, -0.1) is 0 Å². The number of fused-ring (bicyclic) bond motifs is 2. The first kappa shape index (κ1) is 16.2. The predicted octanol–water partition coefficient (Wildman–Crippen LogP) is 4.88. The maximum absolute atomic E-state index is 6.23. The Balaban J connectivity index is 1.83. The van der Waals surface area contributed by atoms with Crippen LogP contribution in [0.3, 0.4) is 0 Å². The molecule has 132 valence electrons. The number of benzene rings is 2. The zero-order valence-electron chi connectivity index (χ0n) is 14.1. The quantitative estimate of drug-likeness (QED) is 0.462. The lowest BCUT2D eigenvalue weighted by molar-refractivity contribution is 0.786. The van der Waals surface area contributed by atoms with E-state index >= 15 is 0 Å². The number of aryl methyl sites for hydroxylation is 1. The van der Waals surface area contributed by atoms with E-state index < -0.39 is 0 Å². The summed E-state index contributed by atoms with van der Waals surface area (Å²) >= 11 is 12.3. The van der Waals surface area contributed by atoms with Crippen LogP contribution in [0.2, 0.25) is 10.0 Å². The predicted molar refractivity (Wildman–Crippen MR) is 107 cm³/mol. The molecule has 2 aromatic carbocycles. The molecule has 5 rings (SSSR count). The molecule has 1 N–H and O–H groups in total. The van der Waals surface area contributed by atoms with E-state index in [2.05, 4.69) is 15.3 Å². The number of nitrogens with zero attached hydrogens (tertiary/aromatic N) is 5. The van der Waals surface area contributed by atoms with Gasteiger partial charge in [-0.25, -0.2) is 9.97 Å². The summed E-state index contributed by atoms with van der Waals surface area (Å²) in [5.74, 6) is 0.596. The van der Waals surface area contributed by atoms with E-state index in [1.807, 2.05) is 31.3 Å². The number of aromatic amines is 1. The normalized spacial score (nSPS) is 11.5. The number of H-pyrrole nitrogens is 1. The summed E-state index contributed by atoms with van der Waals surface area (Å²) in [5.41, 5.74) is 4.16. The zero-order valence-corrected chi connectivity index (χ0v) is 15.6. The fourth-order valence-electron chi connectivity index (χ4n) is 3.17. The van der Waals surface area contributed by atoms with Crippen molar-refractivity contribution in [1.82, 2.24) is 29.9 Å². The second-order valence-corrected chi connectivity index (χ2v) is 6.98. The zero-order chi connectivity index (χ0) is 18.5. The summed E-state index contributed by atoms with van der Waals surface area (Å²) in [6, 6.07) is 11.4. The molecule has 0 atom stereocenters. The Morgan fingerprint density at radius 1 is 0.963 bits per heavy atom. The van der Waals surface area contributed by atoms with E-state index in [0.29, 0.717) is 15.9 Å². The Morgan fingerprint density at radius 3 is 2.70 bits per heavy atom. The van der Waals surface area contributed by atoms with Crippen LogP contribution >= 0.6 is 23.2 Å². The summed E-state index contributed by atoms with van der Waals surface area (Å²) < 4.78 is 1.73. The molecular weight excluding hydrogens is 383 g/mol. The first-order valence-corrected chi connectivity index (χ1v) is 8.95. The van der Waals surface area contributed by atoms with E-state index in [0.717, 1.165) is 38.8 Å². The number of aromatic nitrogens is 6. The molecule has 5 aromatic rings. The molecule has 0 aliphatic rings. The Kier molecular flexibility index (Phi) is 3.63. The average Bonchev–Trinajstić information content (AvgIpc) is 3.30. The molecule has 0 aliphatic heterocycles. The van der Waals surface area contributed by atoms with Gasteiger partial charge >= 0.3 is 0 Å². The van der Waals surface area contributed by atoms with Gasteiger partial charge < -0.3 is 0 Å². The van der Waals surface area contributed by atoms with Crippen LogP contribution < -0.4 is 0 Å². The largest absolute Gasteiger partial charge is 0.278 e. The van der Waals surface area contributed by atoms with Crippen molar-refractivity contribution in [1.29, 1.82) is 0 Å². The van der Waals surface area contributed by atoms with Gasteiger partial charge in [-0.3, -0.25) is 9.78 Å². The van der Waals surface area contributed by atoms with Crippen molar-refractivity contribution >= 4 is 45.1 Å². The van der Waals surface area contributed by atoms with Gasteiger partial charge in [0.05, 0.1) is 39.0 Å². The van der Waals surface area contributed by atoms with Crippen LogP contribution in [0, 0.1) is 0 Å². The second-order valence-electron chi connectivity index (χ2n) is 6.17. The van der Waals surface area contributed by atoms with Gasteiger partial charge in [0.15, 0.2) is 11.5 Å². The minimum absolute atomic E-state index is 0.475. The van der Waals surface area contributed by atoms with Gasteiger partial charge in [-0.05, 0) is 18.2 Å². The number of rotatable bonds is 2. The van der Waals surface area contributed by atoms with Crippen molar-refractivity contribution in [2.75, 3.05) is 0 Å². The van der Waals surface area contributed by atoms with E-state index in [1.54, 1.807) is 29.2 Å². The standard InChI is InChI=1S/C19H12Cl2N6/c1-27-19-13(9-23-27)17(10-5-6-14(20)15(21)7-10)24-18(25-19)11-3-2-4-16-12(11)8-22-26-16/h2-9H,1H3,(H,22,26). The van der Waals surface area contributed by atoms with Gasteiger partial charge in [0.2, 0.25) is 0 Å². The first-order valence-electron chi connectivity index (χ1n) is 8.19. The molecule has 0 bridgehead atoms. The van der Waals surface area contributed by atoms with Crippen LogP contribution in [0.4, 0.5) is 0 Å². The third-order valence-corrected chi connectivity index (χ3v) is 5.25. The molecule has 0 aliphatic carbocycles. The Hall–Kier alpha value is -2.96. The Labute approximate surface area is 163 Å². The van der Waals surface area contributed by atoms with E-state index in [9.17, 15) is 0 Å². The van der Waals surface area contributed by atoms with Gasteiger partial charge in [-0.2, -0.15) is 10.2 Å². The lowest BCUT2D eigenvalue weighted by Gasteiger charge is -2.09. The molecule has 3 aromatic heterocycles.